The maximum Gasteiger partial charge on any atom is 0.513 e. The van der Waals surface area contributed by atoms with Gasteiger partial charge in [0.2, 0.25) is 0 Å². The van der Waals surface area contributed by atoms with E-state index in [9.17, 15) is 9.59 Å². The number of carbonyl (C=O) groups is 2. The molecule has 5 nitrogen and oxygen atoms in total. The van der Waals surface area contributed by atoms with Gasteiger partial charge in [0.05, 0.1) is 12.2 Å². The summed E-state index contributed by atoms with van der Waals surface area (Å²) in [6.07, 6.45) is 1.82. The van der Waals surface area contributed by atoms with Crippen molar-refractivity contribution in [1.29, 1.82) is 0 Å². The minimum atomic E-state index is -0.753. The van der Waals surface area contributed by atoms with Crippen molar-refractivity contribution in [2.45, 2.75) is 60.8 Å². The van der Waals surface area contributed by atoms with Gasteiger partial charge in [-0.15, -0.1) is 0 Å². The molecule has 1 aliphatic rings. The van der Waals surface area contributed by atoms with Gasteiger partial charge in [0.1, 0.15) is 5.76 Å². The number of aryl methyl sites for hydroxylation is 3. The van der Waals surface area contributed by atoms with Gasteiger partial charge in [-0.25, -0.2) is 4.79 Å². The average molecular weight is 478 g/mol. The Hall–Kier alpha value is -2.92. The first-order valence-corrected chi connectivity index (χ1v) is 12.6. The first-order valence-electron chi connectivity index (χ1n) is 12.6. The van der Waals surface area contributed by atoms with Crippen LogP contribution in [0.3, 0.4) is 0 Å². The fourth-order valence-corrected chi connectivity index (χ4v) is 5.16. The van der Waals surface area contributed by atoms with Crippen LogP contribution in [0.2, 0.25) is 0 Å². The molecule has 0 radical (unpaired) electrons. The number of Topliss-reactive ketones (excluding diaryl/α,β-unsaturated/α-hetero) is 1. The molecule has 1 fully saturated rings. The highest BCUT2D eigenvalue weighted by Crippen LogP contribution is 2.44. The van der Waals surface area contributed by atoms with Crippen molar-refractivity contribution in [3.05, 3.63) is 76.0 Å². The van der Waals surface area contributed by atoms with Crippen LogP contribution in [0, 0.1) is 26.2 Å². The Kier molecular flexibility index (Phi) is 8.90. The van der Waals surface area contributed by atoms with E-state index in [-0.39, 0.29) is 12.4 Å². The van der Waals surface area contributed by atoms with Crippen molar-refractivity contribution in [3.8, 4) is 0 Å². The highest BCUT2D eigenvalue weighted by atomic mass is 16.7. The van der Waals surface area contributed by atoms with E-state index in [0.29, 0.717) is 11.3 Å². The molecule has 0 bridgehead atoms. The van der Waals surface area contributed by atoms with E-state index in [2.05, 4.69) is 48.2 Å². The van der Waals surface area contributed by atoms with Crippen LogP contribution in [-0.2, 0) is 20.7 Å². The number of hydrogen-bond donors (Lipinski definition) is 0. The van der Waals surface area contributed by atoms with E-state index < -0.39 is 11.6 Å². The summed E-state index contributed by atoms with van der Waals surface area (Å²) in [5.41, 5.74) is 5.36. The van der Waals surface area contributed by atoms with E-state index in [1.165, 1.54) is 5.56 Å². The van der Waals surface area contributed by atoms with Gasteiger partial charge in [0, 0.05) is 12.0 Å². The van der Waals surface area contributed by atoms with E-state index >= 15 is 0 Å². The number of nitrogens with zero attached hydrogens (tertiary/aromatic N) is 1. The maximum absolute atomic E-state index is 13.1. The van der Waals surface area contributed by atoms with Crippen LogP contribution in [0.25, 0.3) is 5.57 Å². The number of carbonyl (C=O) groups excluding carboxylic acids is 2. The highest BCUT2D eigenvalue weighted by molar-refractivity contribution is 6.21. The predicted molar refractivity (Wildman–Crippen MR) is 140 cm³/mol. The molecule has 0 N–H and O–H groups in total. The quantitative estimate of drug-likeness (QED) is 0.249. The summed E-state index contributed by atoms with van der Waals surface area (Å²) in [5, 5.41) is 0. The lowest BCUT2D eigenvalue weighted by Gasteiger charge is -2.41. The minimum absolute atomic E-state index is 0.105. The summed E-state index contributed by atoms with van der Waals surface area (Å²) in [6, 6.07) is 14.7. The third-order valence-electron chi connectivity index (χ3n) is 7.02. The largest absolute Gasteiger partial charge is 0.513 e. The van der Waals surface area contributed by atoms with Gasteiger partial charge in [-0.1, -0.05) is 55.0 Å². The number of piperidine rings is 1. The third kappa shape index (κ3) is 6.61. The molecular weight excluding hydrogens is 438 g/mol. The number of allylic oxidation sites excluding steroid dienone is 2. The first-order chi connectivity index (χ1) is 16.6. The van der Waals surface area contributed by atoms with E-state index in [1.807, 2.05) is 26.8 Å². The smallest absolute Gasteiger partial charge is 0.434 e. The molecule has 5 heteroatoms. The van der Waals surface area contributed by atoms with Gasteiger partial charge >= 0.3 is 6.16 Å². The van der Waals surface area contributed by atoms with Crippen LogP contribution in [0.5, 0.6) is 0 Å². The van der Waals surface area contributed by atoms with Crippen LogP contribution in [0.15, 0.2) is 48.2 Å². The summed E-state index contributed by atoms with van der Waals surface area (Å²) < 4.78 is 11.0. The average Bonchev–Trinajstić information content (AvgIpc) is 2.80. The molecule has 35 heavy (non-hydrogen) atoms. The molecule has 0 saturated carbocycles. The standard InChI is InChI=1S/C30H39NO4/c1-7-34-29(33)35-28(27(24(5)32)26-22(3)19-21(2)20-23(26)4)30(6)14-17-31(18-15-30)16-13-25-11-9-8-10-12-25/h8-12,19-20H,7,13-18H2,1-6H3/b28-27-. The molecule has 1 aliphatic heterocycles. The lowest BCUT2D eigenvalue weighted by atomic mass is 9.74. The number of benzene rings is 2. The molecule has 1 heterocycles. The van der Waals surface area contributed by atoms with Crippen LogP contribution in [-0.4, -0.2) is 43.1 Å². The van der Waals surface area contributed by atoms with Crippen molar-refractivity contribution in [1.82, 2.24) is 4.90 Å². The van der Waals surface area contributed by atoms with Crippen molar-refractivity contribution in [3.63, 3.8) is 0 Å². The van der Waals surface area contributed by atoms with Gasteiger partial charge in [0.25, 0.3) is 0 Å². The van der Waals surface area contributed by atoms with E-state index in [4.69, 9.17) is 9.47 Å². The Morgan fingerprint density at radius 2 is 1.60 bits per heavy atom. The van der Waals surface area contributed by atoms with Crippen molar-refractivity contribution >= 4 is 17.5 Å². The minimum Gasteiger partial charge on any atom is -0.434 e. The summed E-state index contributed by atoms with van der Waals surface area (Å²) in [7, 11) is 0. The normalized spacial score (nSPS) is 16.4. The van der Waals surface area contributed by atoms with Crippen LogP contribution >= 0.6 is 0 Å². The lowest BCUT2D eigenvalue weighted by molar-refractivity contribution is -0.112. The molecular formula is C30H39NO4. The number of hydrogen-bond acceptors (Lipinski definition) is 5. The SMILES string of the molecule is CCOC(=O)O/C(=C(/C(C)=O)c1c(C)cc(C)cc1C)C1(C)CCN(CCc2ccccc2)CC1. The lowest BCUT2D eigenvalue weighted by Crippen LogP contribution is -2.41. The zero-order valence-electron chi connectivity index (χ0n) is 22.1. The Balaban J connectivity index is 1.94. The van der Waals surface area contributed by atoms with Crippen LogP contribution in [0.4, 0.5) is 4.79 Å². The van der Waals surface area contributed by atoms with Gasteiger partial charge in [-0.3, -0.25) is 4.79 Å². The fourth-order valence-electron chi connectivity index (χ4n) is 5.16. The van der Waals surface area contributed by atoms with Crippen LogP contribution in [0.1, 0.15) is 61.4 Å². The molecule has 1 saturated heterocycles. The van der Waals surface area contributed by atoms with Gasteiger partial charge in [-0.2, -0.15) is 0 Å². The number of likely N-dealkylation sites (tertiary alicyclic amines) is 1. The molecule has 3 rings (SSSR count). The van der Waals surface area contributed by atoms with E-state index in [1.54, 1.807) is 13.8 Å². The Bertz CT molecular complexity index is 1060. The molecule has 0 unspecified atom stereocenters. The van der Waals surface area contributed by atoms with E-state index in [0.717, 1.165) is 61.2 Å². The maximum atomic E-state index is 13.1. The topological polar surface area (TPSA) is 55.8 Å². The third-order valence-corrected chi connectivity index (χ3v) is 7.02. The molecule has 0 aliphatic carbocycles. The summed E-state index contributed by atoms with van der Waals surface area (Å²) in [5.74, 6) is 0.341. The van der Waals surface area contributed by atoms with Gasteiger partial charge in [-0.05, 0) is 89.2 Å². The number of ketones is 1. The Morgan fingerprint density at radius 1 is 1.00 bits per heavy atom. The molecule has 2 aromatic rings. The predicted octanol–water partition coefficient (Wildman–Crippen LogP) is 6.43. The van der Waals surface area contributed by atoms with Gasteiger partial charge < -0.3 is 14.4 Å². The highest BCUT2D eigenvalue weighted by Gasteiger charge is 2.40. The molecule has 188 valence electrons. The molecule has 0 amide bonds. The first kappa shape index (κ1) is 26.7. The molecule has 0 spiro atoms. The fraction of sp³-hybridized carbons (Fsp3) is 0.467. The van der Waals surface area contributed by atoms with Crippen molar-refractivity contribution in [2.24, 2.45) is 5.41 Å². The van der Waals surface area contributed by atoms with Gasteiger partial charge in [0.15, 0.2) is 5.78 Å². The zero-order valence-corrected chi connectivity index (χ0v) is 22.1. The monoisotopic (exact) mass is 477 g/mol. The summed E-state index contributed by atoms with van der Waals surface area (Å²) in [6.45, 7) is 14.4. The molecule has 0 aromatic heterocycles. The van der Waals surface area contributed by atoms with Crippen LogP contribution < -0.4 is 0 Å². The molecule has 0 atom stereocenters. The summed E-state index contributed by atoms with van der Waals surface area (Å²) in [4.78, 5) is 28.1. The number of ether oxygens (including phenoxy) is 2. The second kappa shape index (κ2) is 11.7. The second-order valence-electron chi connectivity index (χ2n) is 9.96. The zero-order chi connectivity index (χ0) is 25.6. The van der Waals surface area contributed by atoms with Crippen molar-refractivity contribution < 1.29 is 19.1 Å². The second-order valence-corrected chi connectivity index (χ2v) is 9.96. The van der Waals surface area contributed by atoms with Crippen molar-refractivity contribution in [2.75, 3.05) is 26.2 Å². The Morgan fingerprint density at radius 3 is 2.14 bits per heavy atom. The summed E-state index contributed by atoms with van der Waals surface area (Å²) >= 11 is 0. The molecule has 2 aromatic carbocycles. The number of rotatable bonds is 8. The Labute approximate surface area is 210 Å².